The maximum Gasteiger partial charge on any atom is 0.146 e. The Morgan fingerprint density at radius 1 is 1.23 bits per heavy atom. The molecule has 0 N–H and O–H groups in total. The first-order valence-corrected chi connectivity index (χ1v) is 10.0. The average Bonchev–Trinajstić information content (AvgIpc) is 3.17. The lowest BCUT2D eigenvalue weighted by atomic mass is 9.62. The van der Waals surface area contributed by atoms with Crippen LogP contribution in [0.3, 0.4) is 0 Å². The summed E-state index contributed by atoms with van der Waals surface area (Å²) in [5.41, 5.74) is 3.46. The highest BCUT2D eigenvalue weighted by molar-refractivity contribution is 5.50. The van der Waals surface area contributed by atoms with Gasteiger partial charge >= 0.3 is 0 Å². The van der Waals surface area contributed by atoms with E-state index in [1.807, 2.05) is 6.07 Å². The minimum atomic E-state index is -0.131. The Morgan fingerprint density at radius 3 is 2.77 bits per heavy atom. The first-order chi connectivity index (χ1) is 12.6. The Morgan fingerprint density at radius 2 is 2.04 bits per heavy atom. The lowest BCUT2D eigenvalue weighted by Crippen LogP contribution is -2.42. The normalized spacial score (nSPS) is 39.3. The molecule has 2 bridgehead atoms. The quantitative estimate of drug-likeness (QED) is 0.735. The van der Waals surface area contributed by atoms with Crippen LogP contribution in [0.1, 0.15) is 37.9 Å². The summed E-state index contributed by atoms with van der Waals surface area (Å²) in [6, 6.07) is 5.75. The van der Waals surface area contributed by atoms with Crippen LogP contribution >= 0.6 is 0 Å². The predicted octanol–water partition coefficient (Wildman–Crippen LogP) is 4.34. The van der Waals surface area contributed by atoms with Gasteiger partial charge in [0.15, 0.2) is 0 Å². The van der Waals surface area contributed by atoms with E-state index in [0.717, 1.165) is 38.1 Å². The molecule has 140 valence electrons. The number of hydrogen-bond donors (Lipinski definition) is 0. The van der Waals surface area contributed by atoms with E-state index in [9.17, 15) is 4.39 Å². The van der Waals surface area contributed by atoms with E-state index < -0.39 is 0 Å². The first-order valence-electron chi connectivity index (χ1n) is 10.0. The van der Waals surface area contributed by atoms with Gasteiger partial charge in [-0.25, -0.2) is 4.39 Å². The van der Waals surface area contributed by atoms with E-state index in [0.29, 0.717) is 42.1 Å². The second-order valence-electron chi connectivity index (χ2n) is 8.62. The molecular weight excluding hydrogens is 329 g/mol. The van der Waals surface area contributed by atoms with Crippen molar-refractivity contribution in [3.8, 4) is 0 Å². The average molecular weight is 357 g/mol. The number of hydrogen-bond acceptors (Lipinski definition) is 3. The van der Waals surface area contributed by atoms with E-state index in [4.69, 9.17) is 9.47 Å². The van der Waals surface area contributed by atoms with Gasteiger partial charge in [-0.1, -0.05) is 25.1 Å². The molecule has 4 fully saturated rings. The van der Waals surface area contributed by atoms with E-state index in [-0.39, 0.29) is 11.9 Å². The smallest absolute Gasteiger partial charge is 0.146 e. The summed E-state index contributed by atoms with van der Waals surface area (Å²) in [7, 11) is 0. The molecule has 2 saturated carbocycles. The van der Waals surface area contributed by atoms with Crippen LogP contribution < -0.4 is 4.90 Å². The van der Waals surface area contributed by atoms with E-state index in [1.165, 1.54) is 12.0 Å². The number of rotatable bonds is 2. The van der Waals surface area contributed by atoms with E-state index in [1.54, 1.807) is 6.07 Å². The molecule has 4 heteroatoms. The summed E-state index contributed by atoms with van der Waals surface area (Å²) < 4.78 is 26.5. The van der Waals surface area contributed by atoms with Crippen LogP contribution in [-0.2, 0) is 9.47 Å². The molecule has 5 rings (SSSR count). The highest BCUT2D eigenvalue weighted by Crippen LogP contribution is 2.68. The molecule has 4 aliphatic rings. The Kier molecular flexibility index (Phi) is 3.91. The zero-order valence-electron chi connectivity index (χ0n) is 15.5. The minimum absolute atomic E-state index is 0.0255. The summed E-state index contributed by atoms with van der Waals surface area (Å²) in [5, 5.41) is 0. The van der Waals surface area contributed by atoms with Crippen molar-refractivity contribution < 1.29 is 13.9 Å². The van der Waals surface area contributed by atoms with Gasteiger partial charge in [-0.15, -0.1) is 0 Å². The van der Waals surface area contributed by atoms with Crippen LogP contribution in [0, 0.1) is 29.0 Å². The number of nitrogens with zero attached hydrogens (tertiary/aromatic N) is 1. The Labute approximate surface area is 155 Å². The van der Waals surface area contributed by atoms with Gasteiger partial charge in [-0.3, -0.25) is 0 Å². The molecule has 2 aliphatic heterocycles. The number of ether oxygens (including phenoxy) is 2. The van der Waals surface area contributed by atoms with E-state index in [2.05, 4.69) is 24.5 Å². The molecule has 1 spiro atoms. The molecule has 0 aromatic heterocycles. The van der Waals surface area contributed by atoms with Crippen molar-refractivity contribution in [3.05, 3.63) is 41.7 Å². The third-order valence-corrected chi connectivity index (χ3v) is 7.73. The molecular formula is C22H28FNO2. The third-order valence-electron chi connectivity index (χ3n) is 7.73. The fourth-order valence-corrected chi connectivity index (χ4v) is 6.25. The number of morpholine rings is 1. The second-order valence-corrected chi connectivity index (χ2v) is 8.62. The van der Waals surface area contributed by atoms with Crippen LogP contribution in [-0.4, -0.2) is 32.9 Å². The van der Waals surface area contributed by atoms with Crippen molar-refractivity contribution in [1.29, 1.82) is 0 Å². The molecule has 0 radical (unpaired) electrons. The minimum Gasteiger partial charge on any atom is -0.378 e. The zero-order valence-corrected chi connectivity index (χ0v) is 15.5. The molecule has 3 nitrogen and oxygen atoms in total. The number of benzene rings is 1. The largest absolute Gasteiger partial charge is 0.378 e. The lowest BCUT2D eigenvalue weighted by molar-refractivity contribution is -0.106. The first kappa shape index (κ1) is 16.8. The Hall–Kier alpha value is -1.39. The van der Waals surface area contributed by atoms with Gasteiger partial charge in [0, 0.05) is 19.7 Å². The van der Waals surface area contributed by atoms with E-state index >= 15 is 0 Å². The summed E-state index contributed by atoms with van der Waals surface area (Å²) in [4.78, 5) is 2.08. The summed E-state index contributed by atoms with van der Waals surface area (Å²) >= 11 is 0. The lowest BCUT2D eigenvalue weighted by Gasteiger charge is -2.48. The van der Waals surface area contributed by atoms with Crippen LogP contribution in [0.15, 0.2) is 30.4 Å². The Bertz CT molecular complexity index is 729. The van der Waals surface area contributed by atoms with Gasteiger partial charge in [-0.2, -0.15) is 0 Å². The number of fused-ring (bicyclic) bond motifs is 1. The van der Waals surface area contributed by atoms with Gasteiger partial charge in [-0.05, 0) is 60.1 Å². The maximum absolute atomic E-state index is 14.9. The van der Waals surface area contributed by atoms with Crippen molar-refractivity contribution in [2.45, 2.75) is 32.3 Å². The fourth-order valence-electron chi connectivity index (χ4n) is 6.25. The molecule has 2 saturated heterocycles. The standard InChI is InChI=1S/C22H28FNO2/c1-14-15(2)22-5-8-26-21(18(22)11-17(14)13-22)16-3-4-20(19(23)12-16)24-6-9-25-10-7-24/h3-4,12,15,17-18,21H,1,5-11,13H2,2H3/t15-,17-,18-,21-,22?/m1/s1. The highest BCUT2D eigenvalue weighted by atomic mass is 19.1. The predicted molar refractivity (Wildman–Crippen MR) is 99.7 cm³/mol. The van der Waals surface area contributed by atoms with Crippen molar-refractivity contribution in [3.63, 3.8) is 0 Å². The van der Waals surface area contributed by atoms with Crippen LogP contribution in [0.2, 0.25) is 0 Å². The summed E-state index contributed by atoms with van der Waals surface area (Å²) in [6.07, 6.45) is 3.56. The van der Waals surface area contributed by atoms with Crippen molar-refractivity contribution >= 4 is 5.69 Å². The van der Waals surface area contributed by atoms with Crippen LogP contribution in [0.5, 0.6) is 0 Å². The van der Waals surface area contributed by atoms with Crippen LogP contribution in [0.4, 0.5) is 10.1 Å². The van der Waals surface area contributed by atoms with Gasteiger partial charge in [0.05, 0.1) is 25.0 Å². The van der Waals surface area contributed by atoms with Gasteiger partial charge in [0.25, 0.3) is 0 Å². The topological polar surface area (TPSA) is 21.7 Å². The molecule has 1 aromatic rings. The van der Waals surface area contributed by atoms with Crippen molar-refractivity contribution in [1.82, 2.24) is 0 Å². The molecule has 2 heterocycles. The zero-order chi connectivity index (χ0) is 17.9. The molecule has 1 unspecified atom stereocenters. The van der Waals surface area contributed by atoms with Crippen molar-refractivity contribution in [2.75, 3.05) is 37.8 Å². The maximum atomic E-state index is 14.9. The van der Waals surface area contributed by atoms with Gasteiger partial charge in [0.1, 0.15) is 5.82 Å². The third kappa shape index (κ3) is 2.31. The number of halogens is 1. The monoisotopic (exact) mass is 357 g/mol. The number of allylic oxidation sites excluding steroid dienone is 1. The Balaban J connectivity index is 1.43. The molecule has 5 atom stereocenters. The highest BCUT2D eigenvalue weighted by Gasteiger charge is 2.61. The molecule has 1 aromatic carbocycles. The van der Waals surface area contributed by atoms with Gasteiger partial charge < -0.3 is 14.4 Å². The summed E-state index contributed by atoms with van der Waals surface area (Å²) in [5.74, 6) is 1.57. The van der Waals surface area contributed by atoms with Crippen molar-refractivity contribution in [2.24, 2.45) is 23.2 Å². The molecule has 2 aliphatic carbocycles. The van der Waals surface area contributed by atoms with Gasteiger partial charge in [0.2, 0.25) is 0 Å². The second kappa shape index (κ2) is 6.07. The SMILES string of the molecule is C=C1[C@@H]2C[C@@H]3[C@@H](c4ccc(N5CCOCC5)c(F)c4)OCCC3(C2)[C@@H]1C. The number of anilines is 1. The molecule has 0 amide bonds. The summed E-state index contributed by atoms with van der Waals surface area (Å²) in [6.45, 7) is 10.3. The fraction of sp³-hybridized carbons (Fsp3) is 0.636. The molecule has 26 heavy (non-hydrogen) atoms. The van der Waals surface area contributed by atoms with Crippen LogP contribution in [0.25, 0.3) is 0 Å².